The van der Waals surface area contributed by atoms with Crippen LogP contribution in [0.2, 0.25) is 0 Å². The number of aliphatic imine (C=N–C) groups is 2. The van der Waals surface area contributed by atoms with Crippen molar-refractivity contribution in [2.24, 2.45) is 15.9 Å². The van der Waals surface area contributed by atoms with Crippen molar-refractivity contribution in [2.75, 3.05) is 27.7 Å². The number of allylic oxidation sites excluding steroid dienone is 3. The highest BCUT2D eigenvalue weighted by atomic mass is 16.5. The van der Waals surface area contributed by atoms with Crippen molar-refractivity contribution >= 4 is 18.5 Å². The highest BCUT2D eigenvalue weighted by Gasteiger charge is 2.32. The first-order chi connectivity index (χ1) is 16.5. The number of hydrogen-bond acceptors (Lipinski definition) is 5. The number of methoxy groups -OCH3 is 1. The molecule has 0 aromatic heterocycles. The molecule has 35 heavy (non-hydrogen) atoms. The third-order valence-electron chi connectivity index (χ3n) is 6.01. The van der Waals surface area contributed by atoms with E-state index in [0.29, 0.717) is 6.54 Å². The molecule has 2 amide bonds. The predicted octanol–water partition coefficient (Wildman–Crippen LogP) is 5.40. The Hall–Kier alpha value is -2.51. The molecule has 3 atom stereocenters. The largest absolute Gasteiger partial charge is 0.386 e. The number of likely N-dealkylation sites (N-methyl/N-ethyl adjacent to an activating group) is 1. The number of carbonyl (C=O) groups is 1. The summed E-state index contributed by atoms with van der Waals surface area (Å²) in [6, 6.07) is -0.274. The van der Waals surface area contributed by atoms with E-state index in [9.17, 15) is 9.90 Å². The van der Waals surface area contributed by atoms with Crippen LogP contribution in [0, 0.1) is 5.92 Å². The van der Waals surface area contributed by atoms with Crippen LogP contribution in [0.15, 0.2) is 57.3 Å². The van der Waals surface area contributed by atoms with E-state index in [4.69, 9.17) is 4.74 Å². The molecule has 1 N–H and O–H groups in total. The summed E-state index contributed by atoms with van der Waals surface area (Å²) in [4.78, 5) is 25.3. The summed E-state index contributed by atoms with van der Waals surface area (Å²) in [5.41, 5.74) is 1.92. The van der Waals surface area contributed by atoms with Crippen LogP contribution in [0.25, 0.3) is 0 Å². The highest BCUT2D eigenvalue weighted by Crippen LogP contribution is 2.26. The molecule has 0 bridgehead atoms. The summed E-state index contributed by atoms with van der Waals surface area (Å²) in [6.07, 6.45) is 16.2. The maximum Gasteiger partial charge on any atom is 0.325 e. The maximum atomic E-state index is 13.2. The Morgan fingerprint density at radius 3 is 2.54 bits per heavy atom. The van der Waals surface area contributed by atoms with Crippen LogP contribution in [0.5, 0.6) is 0 Å². The van der Waals surface area contributed by atoms with E-state index in [2.05, 4.69) is 48.1 Å². The normalized spacial score (nSPS) is 20.5. The van der Waals surface area contributed by atoms with Crippen molar-refractivity contribution in [1.29, 1.82) is 0 Å². The number of amides is 2. The molecule has 196 valence electrons. The first-order valence-corrected chi connectivity index (χ1v) is 12.5. The van der Waals surface area contributed by atoms with Gasteiger partial charge in [-0.15, -0.1) is 0 Å². The summed E-state index contributed by atoms with van der Waals surface area (Å²) in [7, 11) is 5.17. The van der Waals surface area contributed by atoms with Crippen LogP contribution in [-0.4, -0.2) is 78.9 Å². The van der Waals surface area contributed by atoms with Crippen LogP contribution in [0.3, 0.4) is 0 Å². The predicted molar refractivity (Wildman–Crippen MR) is 147 cm³/mol. The van der Waals surface area contributed by atoms with Gasteiger partial charge in [-0.3, -0.25) is 14.9 Å². The molecule has 7 heteroatoms. The molecule has 1 aliphatic heterocycles. The van der Waals surface area contributed by atoms with E-state index in [1.54, 1.807) is 57.3 Å². The minimum absolute atomic E-state index is 0.0717. The standard InChI is InChI=1S/C28H46N4O3/c1-10-13-23(15-12-14-21(3)17-30-18-24(11-2)28(5,6)34)26-16-25(19-29-7)31(8)27(33)32(26)20-22(4)35-9/h12-13,15-19,21-22,25,34H,10-11,14,20H2,1-9H3/b15-12+,23-13+,24-18+,29-19?,30-17?. The van der Waals surface area contributed by atoms with Gasteiger partial charge in [0.25, 0.3) is 0 Å². The minimum atomic E-state index is -0.860. The number of aliphatic hydroxyl groups is 1. The van der Waals surface area contributed by atoms with Crippen molar-refractivity contribution in [3.8, 4) is 0 Å². The molecule has 0 saturated heterocycles. The van der Waals surface area contributed by atoms with Crippen LogP contribution in [0.1, 0.15) is 60.8 Å². The maximum absolute atomic E-state index is 13.2. The third kappa shape index (κ3) is 9.57. The van der Waals surface area contributed by atoms with Crippen molar-refractivity contribution in [2.45, 2.75) is 78.6 Å². The fourth-order valence-electron chi connectivity index (χ4n) is 3.75. The van der Waals surface area contributed by atoms with E-state index in [-0.39, 0.29) is 24.1 Å². The average molecular weight is 487 g/mol. The lowest BCUT2D eigenvalue weighted by atomic mass is 9.97. The topological polar surface area (TPSA) is 77.7 Å². The van der Waals surface area contributed by atoms with Crippen LogP contribution in [-0.2, 0) is 4.74 Å². The first-order valence-electron chi connectivity index (χ1n) is 12.5. The zero-order chi connectivity index (χ0) is 26.6. The molecule has 0 saturated carbocycles. The van der Waals surface area contributed by atoms with Crippen molar-refractivity contribution in [3.63, 3.8) is 0 Å². The fourth-order valence-corrected chi connectivity index (χ4v) is 3.75. The van der Waals surface area contributed by atoms with E-state index < -0.39 is 5.60 Å². The SMILES string of the molecule is CC/C=C(\C=C\CC(C)C=N/C=C(\CC)C(C)(C)O)C1=CC(C=NC)N(C)C(=O)N1CC(C)OC. The molecule has 1 rings (SSSR count). The van der Waals surface area contributed by atoms with Gasteiger partial charge in [-0.05, 0) is 63.2 Å². The smallest absolute Gasteiger partial charge is 0.325 e. The zero-order valence-electron chi connectivity index (χ0n) is 23.2. The second kappa shape index (κ2) is 14.8. The Kier molecular flexibility index (Phi) is 12.9. The van der Waals surface area contributed by atoms with Crippen LogP contribution < -0.4 is 0 Å². The summed E-state index contributed by atoms with van der Waals surface area (Å²) in [6.45, 7) is 12.2. The Morgan fingerprint density at radius 2 is 2.00 bits per heavy atom. The zero-order valence-corrected chi connectivity index (χ0v) is 23.2. The third-order valence-corrected chi connectivity index (χ3v) is 6.01. The lowest BCUT2D eigenvalue weighted by Gasteiger charge is -2.39. The number of ether oxygens (including phenoxy) is 1. The van der Waals surface area contributed by atoms with Crippen LogP contribution >= 0.6 is 0 Å². The van der Waals surface area contributed by atoms with Gasteiger partial charge in [-0.1, -0.05) is 39.0 Å². The van der Waals surface area contributed by atoms with Crippen molar-refractivity contribution in [1.82, 2.24) is 9.80 Å². The number of hydrogen-bond donors (Lipinski definition) is 1. The molecule has 0 aromatic rings. The molecular weight excluding hydrogens is 440 g/mol. The second-order valence-electron chi connectivity index (χ2n) is 9.55. The Balaban J connectivity index is 3.15. The molecular formula is C28H46N4O3. The van der Waals surface area contributed by atoms with Gasteiger partial charge in [0.2, 0.25) is 0 Å². The van der Waals surface area contributed by atoms with E-state index in [1.807, 2.05) is 20.1 Å². The van der Waals surface area contributed by atoms with E-state index >= 15 is 0 Å². The molecule has 0 aromatic carbocycles. The lowest BCUT2D eigenvalue weighted by molar-refractivity contribution is 0.0856. The van der Waals surface area contributed by atoms with E-state index in [0.717, 1.165) is 36.1 Å². The first kappa shape index (κ1) is 30.5. The molecule has 0 spiro atoms. The molecule has 1 heterocycles. The van der Waals surface area contributed by atoms with Gasteiger partial charge < -0.3 is 14.7 Å². The van der Waals surface area contributed by atoms with Gasteiger partial charge in [-0.25, -0.2) is 4.79 Å². The summed E-state index contributed by atoms with van der Waals surface area (Å²) >= 11 is 0. The van der Waals surface area contributed by atoms with E-state index in [1.165, 1.54) is 0 Å². The number of nitrogens with zero attached hydrogens (tertiary/aromatic N) is 4. The summed E-state index contributed by atoms with van der Waals surface area (Å²) in [5.74, 6) is 0.225. The summed E-state index contributed by atoms with van der Waals surface area (Å²) in [5, 5.41) is 10.2. The van der Waals surface area contributed by atoms with Crippen LogP contribution in [0.4, 0.5) is 4.79 Å². The minimum Gasteiger partial charge on any atom is -0.386 e. The molecule has 0 aliphatic carbocycles. The number of carbonyl (C=O) groups excluding carboxylic acids is 1. The summed E-state index contributed by atoms with van der Waals surface area (Å²) < 4.78 is 5.46. The number of urea groups is 1. The average Bonchev–Trinajstić information content (AvgIpc) is 2.80. The monoisotopic (exact) mass is 486 g/mol. The number of rotatable bonds is 13. The van der Waals surface area contributed by atoms with Gasteiger partial charge in [0, 0.05) is 39.8 Å². The molecule has 0 radical (unpaired) electrons. The fraction of sp³-hybridized carbons (Fsp3) is 0.607. The molecule has 0 fully saturated rings. The van der Waals surface area contributed by atoms with Gasteiger partial charge >= 0.3 is 6.03 Å². The van der Waals surface area contributed by atoms with Gasteiger partial charge in [0.15, 0.2) is 0 Å². The Morgan fingerprint density at radius 1 is 1.31 bits per heavy atom. The lowest BCUT2D eigenvalue weighted by Crippen LogP contribution is -2.52. The van der Waals surface area contributed by atoms with Crippen molar-refractivity contribution in [3.05, 3.63) is 47.3 Å². The molecule has 3 unspecified atom stereocenters. The van der Waals surface area contributed by atoms with Gasteiger partial charge in [-0.2, -0.15) is 0 Å². The quantitative estimate of drug-likeness (QED) is 0.280. The Bertz CT molecular complexity index is 862. The van der Waals surface area contributed by atoms with Crippen molar-refractivity contribution < 1.29 is 14.6 Å². The second-order valence-corrected chi connectivity index (χ2v) is 9.55. The Labute approximate surface area is 212 Å². The van der Waals surface area contributed by atoms with Gasteiger partial charge in [0.1, 0.15) is 0 Å². The highest BCUT2D eigenvalue weighted by molar-refractivity contribution is 5.85. The van der Waals surface area contributed by atoms with Gasteiger partial charge in [0.05, 0.1) is 30.0 Å². The molecule has 7 nitrogen and oxygen atoms in total. The molecule has 1 aliphatic rings.